The smallest absolute Gasteiger partial charge is 0.183 e. The molecule has 19 heavy (non-hydrogen) atoms. The Hall–Kier alpha value is -1.66. The maximum absolute atomic E-state index is 13.6. The van der Waals surface area contributed by atoms with Crippen molar-refractivity contribution in [2.45, 2.75) is 0 Å². The van der Waals surface area contributed by atoms with Gasteiger partial charge in [-0.1, -0.05) is 0 Å². The molecule has 0 fully saturated rings. The first kappa shape index (κ1) is 13.8. The molecule has 0 aliphatic carbocycles. The van der Waals surface area contributed by atoms with Gasteiger partial charge < -0.3 is 14.8 Å². The zero-order valence-electron chi connectivity index (χ0n) is 10.8. The predicted molar refractivity (Wildman–Crippen MR) is 74.4 cm³/mol. The Kier molecular flexibility index (Phi) is 4.70. The van der Waals surface area contributed by atoms with Crippen molar-refractivity contribution in [1.29, 1.82) is 0 Å². The van der Waals surface area contributed by atoms with E-state index >= 15 is 0 Å². The molecule has 0 spiro atoms. The Morgan fingerprint density at radius 1 is 1.37 bits per heavy atom. The minimum Gasteiger partial charge on any atom is -0.494 e. The Morgan fingerprint density at radius 2 is 2.21 bits per heavy atom. The van der Waals surface area contributed by atoms with Crippen LogP contribution in [0.4, 0.5) is 9.52 Å². The topological polar surface area (TPSA) is 43.4 Å². The van der Waals surface area contributed by atoms with Gasteiger partial charge in [-0.3, -0.25) is 0 Å². The van der Waals surface area contributed by atoms with E-state index in [9.17, 15) is 4.39 Å². The number of hydrogen-bond donors (Lipinski definition) is 1. The summed E-state index contributed by atoms with van der Waals surface area (Å²) in [6.07, 6.45) is 0. The van der Waals surface area contributed by atoms with Gasteiger partial charge in [0.25, 0.3) is 0 Å². The molecule has 1 N–H and O–H groups in total. The number of nitrogens with one attached hydrogen (secondary N) is 1. The van der Waals surface area contributed by atoms with Gasteiger partial charge in [0, 0.05) is 24.6 Å². The Labute approximate surface area is 115 Å². The van der Waals surface area contributed by atoms with E-state index in [2.05, 4.69) is 10.3 Å². The largest absolute Gasteiger partial charge is 0.494 e. The molecule has 0 aliphatic rings. The molecule has 0 unspecified atom stereocenters. The van der Waals surface area contributed by atoms with Crippen molar-refractivity contribution in [2.24, 2.45) is 0 Å². The molecule has 0 atom stereocenters. The average molecular weight is 282 g/mol. The molecule has 2 rings (SSSR count). The van der Waals surface area contributed by atoms with Crippen molar-refractivity contribution in [2.75, 3.05) is 32.7 Å². The lowest BCUT2D eigenvalue weighted by atomic mass is 10.1. The number of thiazole rings is 1. The summed E-state index contributed by atoms with van der Waals surface area (Å²) in [4.78, 5) is 4.39. The maximum Gasteiger partial charge on any atom is 0.183 e. The molecule has 0 amide bonds. The molecule has 0 bridgehead atoms. The van der Waals surface area contributed by atoms with Crippen LogP contribution in [-0.2, 0) is 4.74 Å². The van der Waals surface area contributed by atoms with Crippen LogP contribution in [0.25, 0.3) is 11.3 Å². The van der Waals surface area contributed by atoms with Crippen LogP contribution in [-0.4, -0.2) is 32.4 Å². The third-order valence-corrected chi connectivity index (χ3v) is 3.33. The SMILES string of the molecule is COCCNc1nc(-c2ccc(OC)c(F)c2)cs1. The number of halogens is 1. The predicted octanol–water partition coefficient (Wildman–Crippen LogP) is 3.02. The number of benzene rings is 1. The summed E-state index contributed by atoms with van der Waals surface area (Å²) in [6, 6.07) is 4.81. The summed E-state index contributed by atoms with van der Waals surface area (Å²) >= 11 is 1.48. The monoisotopic (exact) mass is 282 g/mol. The number of methoxy groups -OCH3 is 2. The summed E-state index contributed by atoms with van der Waals surface area (Å²) in [7, 11) is 3.09. The van der Waals surface area contributed by atoms with Crippen LogP contribution >= 0.6 is 11.3 Å². The molecule has 0 saturated carbocycles. The fourth-order valence-corrected chi connectivity index (χ4v) is 2.32. The highest BCUT2D eigenvalue weighted by Gasteiger charge is 2.08. The molecule has 0 radical (unpaired) electrons. The highest BCUT2D eigenvalue weighted by Crippen LogP contribution is 2.28. The number of hydrogen-bond acceptors (Lipinski definition) is 5. The van der Waals surface area contributed by atoms with Crippen molar-refractivity contribution in [3.63, 3.8) is 0 Å². The fraction of sp³-hybridized carbons (Fsp3) is 0.308. The highest BCUT2D eigenvalue weighted by molar-refractivity contribution is 7.14. The van der Waals surface area contributed by atoms with E-state index in [-0.39, 0.29) is 11.6 Å². The summed E-state index contributed by atoms with van der Waals surface area (Å²) in [5.41, 5.74) is 1.47. The molecule has 1 aromatic carbocycles. The normalized spacial score (nSPS) is 10.5. The van der Waals surface area contributed by atoms with Crippen LogP contribution in [0.15, 0.2) is 23.6 Å². The first-order chi connectivity index (χ1) is 9.24. The van der Waals surface area contributed by atoms with Gasteiger partial charge in [-0.25, -0.2) is 9.37 Å². The van der Waals surface area contributed by atoms with Gasteiger partial charge in [-0.05, 0) is 18.2 Å². The van der Waals surface area contributed by atoms with Crippen LogP contribution in [0.3, 0.4) is 0 Å². The number of anilines is 1. The van der Waals surface area contributed by atoms with Crippen molar-refractivity contribution in [1.82, 2.24) is 4.98 Å². The van der Waals surface area contributed by atoms with Crippen molar-refractivity contribution < 1.29 is 13.9 Å². The number of ether oxygens (including phenoxy) is 2. The summed E-state index contributed by atoms with van der Waals surface area (Å²) in [5.74, 6) is -0.153. The van der Waals surface area contributed by atoms with E-state index in [0.717, 1.165) is 16.4 Å². The van der Waals surface area contributed by atoms with Gasteiger partial charge in [0.05, 0.1) is 19.4 Å². The fourth-order valence-electron chi connectivity index (χ4n) is 1.57. The molecular weight excluding hydrogens is 267 g/mol. The molecule has 102 valence electrons. The molecule has 6 heteroatoms. The first-order valence-corrected chi connectivity index (χ1v) is 6.65. The third kappa shape index (κ3) is 3.42. The highest BCUT2D eigenvalue weighted by atomic mass is 32.1. The second kappa shape index (κ2) is 6.49. The van der Waals surface area contributed by atoms with Crippen LogP contribution in [0.2, 0.25) is 0 Å². The molecule has 4 nitrogen and oxygen atoms in total. The minimum absolute atomic E-state index is 0.234. The van der Waals surface area contributed by atoms with Crippen molar-refractivity contribution >= 4 is 16.5 Å². The molecule has 1 heterocycles. The van der Waals surface area contributed by atoms with E-state index in [4.69, 9.17) is 9.47 Å². The lowest BCUT2D eigenvalue weighted by Crippen LogP contribution is -2.07. The van der Waals surface area contributed by atoms with Gasteiger partial charge in [-0.2, -0.15) is 0 Å². The third-order valence-electron chi connectivity index (χ3n) is 2.53. The van der Waals surface area contributed by atoms with Gasteiger partial charge in [0.15, 0.2) is 16.7 Å². The second-order valence-corrected chi connectivity index (χ2v) is 4.66. The van der Waals surface area contributed by atoms with E-state index in [0.29, 0.717) is 13.2 Å². The minimum atomic E-state index is -0.387. The standard InChI is InChI=1S/C13H15FN2O2S/c1-17-6-5-15-13-16-11(8-19-13)9-3-4-12(18-2)10(14)7-9/h3-4,7-8H,5-6H2,1-2H3,(H,15,16). The number of aromatic nitrogens is 1. The van der Waals surface area contributed by atoms with Crippen molar-refractivity contribution in [3.8, 4) is 17.0 Å². The van der Waals surface area contributed by atoms with Gasteiger partial charge >= 0.3 is 0 Å². The van der Waals surface area contributed by atoms with Crippen LogP contribution in [0, 0.1) is 5.82 Å². The van der Waals surface area contributed by atoms with E-state index < -0.39 is 0 Å². The Morgan fingerprint density at radius 3 is 2.89 bits per heavy atom. The van der Waals surface area contributed by atoms with E-state index in [1.165, 1.54) is 24.5 Å². The van der Waals surface area contributed by atoms with E-state index in [1.807, 2.05) is 5.38 Å². The first-order valence-electron chi connectivity index (χ1n) is 5.77. The molecule has 2 aromatic rings. The number of nitrogens with zero attached hydrogens (tertiary/aromatic N) is 1. The zero-order valence-corrected chi connectivity index (χ0v) is 11.6. The zero-order chi connectivity index (χ0) is 13.7. The molecule has 0 aliphatic heterocycles. The summed E-state index contributed by atoms with van der Waals surface area (Å²) in [6.45, 7) is 1.31. The molecule has 1 aromatic heterocycles. The lowest BCUT2D eigenvalue weighted by Gasteiger charge is -2.03. The summed E-state index contributed by atoms with van der Waals surface area (Å²) < 4.78 is 23.4. The van der Waals surface area contributed by atoms with Crippen LogP contribution in [0.5, 0.6) is 5.75 Å². The van der Waals surface area contributed by atoms with E-state index in [1.54, 1.807) is 19.2 Å². The lowest BCUT2D eigenvalue weighted by molar-refractivity contribution is 0.211. The Bertz CT molecular complexity index is 545. The van der Waals surface area contributed by atoms with Gasteiger partial charge in [-0.15, -0.1) is 11.3 Å². The van der Waals surface area contributed by atoms with Crippen LogP contribution in [0.1, 0.15) is 0 Å². The number of rotatable bonds is 6. The van der Waals surface area contributed by atoms with Gasteiger partial charge in [0.1, 0.15) is 0 Å². The maximum atomic E-state index is 13.6. The summed E-state index contributed by atoms with van der Waals surface area (Å²) in [5, 5.41) is 5.82. The molecule has 0 saturated heterocycles. The van der Waals surface area contributed by atoms with Crippen LogP contribution < -0.4 is 10.1 Å². The van der Waals surface area contributed by atoms with Gasteiger partial charge in [0.2, 0.25) is 0 Å². The Balaban J connectivity index is 2.11. The molecular formula is C13H15FN2O2S. The second-order valence-electron chi connectivity index (χ2n) is 3.81. The quantitative estimate of drug-likeness (QED) is 0.827. The van der Waals surface area contributed by atoms with Crippen molar-refractivity contribution in [3.05, 3.63) is 29.4 Å². The average Bonchev–Trinajstić information content (AvgIpc) is 2.88.